The van der Waals surface area contributed by atoms with Gasteiger partial charge in [-0.3, -0.25) is 4.79 Å². The topological polar surface area (TPSA) is 82.0 Å². The summed E-state index contributed by atoms with van der Waals surface area (Å²) < 4.78 is 5.54. The van der Waals surface area contributed by atoms with Crippen molar-refractivity contribution in [1.82, 2.24) is 19.8 Å². The van der Waals surface area contributed by atoms with Gasteiger partial charge in [0.1, 0.15) is 12.1 Å². The number of likely N-dealkylation sites (N-methyl/N-ethyl adjacent to an activating group) is 1. The number of ether oxygens (including phenoxy) is 1. The van der Waals surface area contributed by atoms with Gasteiger partial charge in [-0.1, -0.05) is 30.7 Å². The third kappa shape index (κ3) is 5.23. The number of halogens is 1. The fourth-order valence-corrected chi connectivity index (χ4v) is 6.02. The highest BCUT2D eigenvalue weighted by atomic mass is 35.5. The average molecular weight is 514 g/mol. The molecule has 1 aliphatic carbocycles. The summed E-state index contributed by atoms with van der Waals surface area (Å²) in [5.74, 6) is 1.04. The van der Waals surface area contributed by atoms with Crippen LogP contribution in [0.3, 0.4) is 0 Å². The van der Waals surface area contributed by atoms with Crippen molar-refractivity contribution in [3.05, 3.63) is 52.4 Å². The quantitative estimate of drug-likeness (QED) is 0.635. The Bertz CT molecular complexity index is 1050. The highest BCUT2D eigenvalue weighted by molar-refractivity contribution is 6.30. The van der Waals surface area contributed by atoms with Crippen LogP contribution in [-0.4, -0.2) is 89.8 Å². The number of hydrogen-bond donors (Lipinski definition) is 1. The Labute approximate surface area is 218 Å². The molecule has 2 fully saturated rings. The minimum atomic E-state index is -0.521. The zero-order valence-corrected chi connectivity index (χ0v) is 21.9. The molecule has 2 aromatic rings. The summed E-state index contributed by atoms with van der Waals surface area (Å²) in [5.41, 5.74) is 2.81. The minimum Gasteiger partial charge on any atom is -0.387 e. The maximum absolute atomic E-state index is 13.9. The molecule has 3 heterocycles. The lowest BCUT2D eigenvalue weighted by Gasteiger charge is -2.39. The largest absolute Gasteiger partial charge is 0.387 e. The SMILES string of the molecule is CC1C[C@@H](O)c2ncnc(N3CCN(C(=O)[C@H](CN(C)C4CCOCC4)c4ccc(Cl)cc4)CC3)c21. The second-order valence-electron chi connectivity index (χ2n) is 10.3. The molecule has 0 spiro atoms. The summed E-state index contributed by atoms with van der Waals surface area (Å²) in [5, 5.41) is 11.0. The Hall–Kier alpha value is -2.26. The summed E-state index contributed by atoms with van der Waals surface area (Å²) in [6.45, 7) is 7.03. The first-order valence-electron chi connectivity index (χ1n) is 13.0. The number of carbonyl (C=O) groups excluding carboxylic acids is 1. The summed E-state index contributed by atoms with van der Waals surface area (Å²) in [4.78, 5) is 29.4. The lowest BCUT2D eigenvalue weighted by molar-refractivity contribution is -0.133. The highest BCUT2D eigenvalue weighted by Crippen LogP contribution is 2.42. The second-order valence-corrected chi connectivity index (χ2v) is 10.8. The molecule has 1 N–H and O–H groups in total. The Morgan fingerprint density at radius 1 is 1.17 bits per heavy atom. The normalized spacial score (nSPS) is 23.7. The first-order valence-corrected chi connectivity index (χ1v) is 13.4. The molecule has 36 heavy (non-hydrogen) atoms. The zero-order chi connectivity index (χ0) is 25.2. The van der Waals surface area contributed by atoms with E-state index in [0.717, 1.165) is 48.7 Å². The van der Waals surface area contributed by atoms with Crippen LogP contribution < -0.4 is 4.90 Å². The van der Waals surface area contributed by atoms with E-state index >= 15 is 0 Å². The van der Waals surface area contributed by atoms with Gasteiger partial charge in [-0.2, -0.15) is 0 Å². The number of benzene rings is 1. The highest BCUT2D eigenvalue weighted by Gasteiger charge is 2.35. The number of carbonyl (C=O) groups is 1. The Kier molecular flexibility index (Phi) is 7.76. The Morgan fingerprint density at radius 2 is 1.86 bits per heavy atom. The molecule has 9 heteroatoms. The van der Waals surface area contributed by atoms with Gasteiger partial charge in [0, 0.05) is 62.6 Å². The van der Waals surface area contributed by atoms with Crippen LogP contribution in [0.1, 0.15) is 60.9 Å². The van der Waals surface area contributed by atoms with Crippen molar-refractivity contribution in [2.45, 2.75) is 50.2 Å². The van der Waals surface area contributed by atoms with Crippen molar-refractivity contribution in [3.63, 3.8) is 0 Å². The maximum atomic E-state index is 13.9. The third-order valence-electron chi connectivity index (χ3n) is 8.03. The third-order valence-corrected chi connectivity index (χ3v) is 8.28. The minimum absolute atomic E-state index is 0.160. The molecular formula is C27H36ClN5O3. The first-order chi connectivity index (χ1) is 17.4. The number of aromatic nitrogens is 2. The molecule has 1 amide bonds. The first kappa shape index (κ1) is 25.4. The van der Waals surface area contributed by atoms with Crippen molar-refractivity contribution in [2.24, 2.45) is 0 Å². The fraction of sp³-hybridized carbons (Fsp3) is 0.593. The van der Waals surface area contributed by atoms with Crippen LogP contribution in [-0.2, 0) is 9.53 Å². The van der Waals surface area contributed by atoms with Crippen LogP contribution in [0.2, 0.25) is 5.02 Å². The molecule has 3 atom stereocenters. The predicted molar refractivity (Wildman–Crippen MR) is 139 cm³/mol. The average Bonchev–Trinajstić information content (AvgIpc) is 3.21. The summed E-state index contributed by atoms with van der Waals surface area (Å²) in [7, 11) is 2.12. The van der Waals surface area contributed by atoms with Crippen molar-refractivity contribution in [3.8, 4) is 0 Å². The van der Waals surface area contributed by atoms with Gasteiger partial charge >= 0.3 is 0 Å². The number of fused-ring (bicyclic) bond motifs is 1. The van der Waals surface area contributed by atoms with E-state index in [0.29, 0.717) is 50.2 Å². The fourth-order valence-electron chi connectivity index (χ4n) is 5.90. The zero-order valence-electron chi connectivity index (χ0n) is 21.1. The van der Waals surface area contributed by atoms with Crippen LogP contribution in [0, 0.1) is 0 Å². The van der Waals surface area contributed by atoms with E-state index in [9.17, 15) is 9.90 Å². The maximum Gasteiger partial charge on any atom is 0.231 e. The molecule has 194 valence electrons. The lowest BCUT2D eigenvalue weighted by atomic mass is 9.95. The molecule has 0 bridgehead atoms. The number of rotatable bonds is 6. The molecular weight excluding hydrogens is 478 g/mol. The summed E-state index contributed by atoms with van der Waals surface area (Å²) in [6, 6.07) is 8.13. The number of anilines is 1. The molecule has 8 nitrogen and oxygen atoms in total. The molecule has 1 unspecified atom stereocenters. The van der Waals surface area contributed by atoms with Gasteiger partial charge in [-0.25, -0.2) is 9.97 Å². The molecule has 1 aromatic carbocycles. The van der Waals surface area contributed by atoms with E-state index in [1.54, 1.807) is 6.33 Å². The summed E-state index contributed by atoms with van der Waals surface area (Å²) in [6.07, 6.45) is 3.70. The van der Waals surface area contributed by atoms with Gasteiger partial charge in [0.05, 0.1) is 17.7 Å². The standard InChI is InChI=1S/C27H36ClN5O3/c1-18-15-23(34)25-24(18)26(30-17-29-25)32-9-11-33(12-10-32)27(35)22(19-3-5-20(28)6-4-19)16-31(2)21-7-13-36-14-8-21/h3-6,17-18,21-23,34H,7-16H2,1-2H3/t18?,22-,23-/m1/s1. The van der Waals surface area contributed by atoms with E-state index in [4.69, 9.17) is 16.3 Å². The van der Waals surface area contributed by atoms with Crippen LogP contribution >= 0.6 is 11.6 Å². The molecule has 2 saturated heterocycles. The number of aliphatic hydroxyl groups is 1. The monoisotopic (exact) mass is 513 g/mol. The van der Waals surface area contributed by atoms with Crippen molar-refractivity contribution < 1.29 is 14.6 Å². The van der Waals surface area contributed by atoms with Crippen molar-refractivity contribution >= 4 is 23.3 Å². The van der Waals surface area contributed by atoms with E-state index in [-0.39, 0.29) is 17.7 Å². The van der Waals surface area contributed by atoms with Crippen LogP contribution in [0.5, 0.6) is 0 Å². The van der Waals surface area contributed by atoms with Crippen molar-refractivity contribution in [1.29, 1.82) is 0 Å². The van der Waals surface area contributed by atoms with Crippen LogP contribution in [0.25, 0.3) is 0 Å². The van der Waals surface area contributed by atoms with Crippen LogP contribution in [0.4, 0.5) is 5.82 Å². The number of aliphatic hydroxyl groups excluding tert-OH is 1. The Morgan fingerprint density at radius 3 is 2.56 bits per heavy atom. The van der Waals surface area contributed by atoms with Crippen molar-refractivity contribution in [2.75, 3.05) is 57.9 Å². The summed E-state index contributed by atoms with van der Waals surface area (Å²) >= 11 is 6.15. The molecule has 2 aliphatic heterocycles. The van der Waals surface area contributed by atoms with E-state index < -0.39 is 6.10 Å². The van der Waals surface area contributed by atoms with Gasteiger partial charge in [0.15, 0.2) is 0 Å². The second kappa shape index (κ2) is 11.0. The van der Waals surface area contributed by atoms with Crippen LogP contribution in [0.15, 0.2) is 30.6 Å². The lowest BCUT2D eigenvalue weighted by Crippen LogP contribution is -2.52. The number of piperazine rings is 1. The molecule has 3 aliphatic rings. The number of amides is 1. The number of hydrogen-bond acceptors (Lipinski definition) is 7. The van der Waals surface area contributed by atoms with Gasteiger partial charge in [0.25, 0.3) is 0 Å². The van der Waals surface area contributed by atoms with E-state index in [1.165, 1.54) is 0 Å². The van der Waals surface area contributed by atoms with Gasteiger partial charge in [-0.15, -0.1) is 0 Å². The van der Waals surface area contributed by atoms with Gasteiger partial charge < -0.3 is 24.5 Å². The predicted octanol–water partition coefficient (Wildman–Crippen LogP) is 3.21. The molecule has 0 radical (unpaired) electrons. The van der Waals surface area contributed by atoms with E-state index in [2.05, 4.69) is 33.7 Å². The van der Waals surface area contributed by atoms with Gasteiger partial charge in [0.2, 0.25) is 5.91 Å². The van der Waals surface area contributed by atoms with Gasteiger partial charge in [-0.05, 0) is 49.9 Å². The molecule has 1 aromatic heterocycles. The van der Waals surface area contributed by atoms with E-state index in [1.807, 2.05) is 29.2 Å². The number of nitrogens with zero attached hydrogens (tertiary/aromatic N) is 5. The smallest absolute Gasteiger partial charge is 0.231 e. The molecule has 0 saturated carbocycles. The Balaban J connectivity index is 1.30. The molecule has 5 rings (SSSR count).